The van der Waals surface area contributed by atoms with Gasteiger partial charge in [-0.3, -0.25) is 0 Å². The molecule has 5 heteroatoms. The van der Waals surface area contributed by atoms with Crippen molar-refractivity contribution in [3.63, 3.8) is 0 Å². The molecule has 0 unspecified atom stereocenters. The van der Waals surface area contributed by atoms with E-state index in [1.54, 1.807) is 0 Å². The Hall–Kier alpha value is -0.940. The van der Waals surface area contributed by atoms with Crippen molar-refractivity contribution in [2.24, 2.45) is 0 Å². The first-order chi connectivity index (χ1) is 9.25. The van der Waals surface area contributed by atoms with E-state index in [1.165, 1.54) is 5.56 Å². The van der Waals surface area contributed by atoms with E-state index in [0.29, 0.717) is 0 Å². The Morgan fingerprint density at radius 3 is 2.35 bits per heavy atom. The fourth-order valence-electron chi connectivity index (χ4n) is 1.69. The molecule has 0 bridgehead atoms. The molecule has 2 aromatic rings. The average Bonchev–Trinajstić information content (AvgIpc) is 2.32. The Balaban J connectivity index is 2.33. The quantitative estimate of drug-likeness (QED) is 0.692. The summed E-state index contributed by atoms with van der Waals surface area (Å²) < 4.78 is 1.89. The van der Waals surface area contributed by atoms with Gasteiger partial charge in [0.15, 0.2) is 0 Å². The fourth-order valence-corrected chi connectivity index (χ4v) is 2.32. The van der Waals surface area contributed by atoms with Crippen LogP contribution in [0.2, 0.25) is 0 Å². The van der Waals surface area contributed by atoms with E-state index >= 15 is 0 Å². The van der Waals surface area contributed by atoms with Gasteiger partial charge in [0.1, 0.15) is 16.2 Å². The van der Waals surface area contributed by atoms with Crippen LogP contribution in [0.5, 0.6) is 0 Å². The number of aromatic nitrogens is 2. The van der Waals surface area contributed by atoms with Crippen LogP contribution in [0, 0.1) is 6.92 Å². The maximum absolute atomic E-state index is 4.59. The normalized spacial score (nSPS) is 11.5. The lowest BCUT2D eigenvalue weighted by atomic mass is 9.96. The van der Waals surface area contributed by atoms with E-state index in [1.807, 2.05) is 18.2 Å². The molecule has 0 atom stereocenters. The van der Waals surface area contributed by atoms with E-state index < -0.39 is 0 Å². The number of halogens is 2. The SMILES string of the molecule is Cc1cc(Nc2cc(Br)nc(C(C)(C)C)n2)ccc1Br. The molecule has 0 aliphatic carbocycles. The van der Waals surface area contributed by atoms with Crippen LogP contribution in [0.25, 0.3) is 0 Å². The molecule has 1 heterocycles. The van der Waals surface area contributed by atoms with E-state index in [2.05, 4.69) is 80.9 Å². The van der Waals surface area contributed by atoms with E-state index in [0.717, 1.165) is 26.4 Å². The molecule has 0 saturated carbocycles. The molecule has 1 aromatic carbocycles. The number of hydrogen-bond donors (Lipinski definition) is 1. The zero-order valence-corrected chi connectivity index (χ0v) is 15.1. The summed E-state index contributed by atoms with van der Waals surface area (Å²) in [6.07, 6.45) is 0. The van der Waals surface area contributed by atoms with Gasteiger partial charge >= 0.3 is 0 Å². The maximum atomic E-state index is 4.59. The monoisotopic (exact) mass is 397 g/mol. The maximum Gasteiger partial charge on any atom is 0.137 e. The summed E-state index contributed by atoms with van der Waals surface area (Å²) in [7, 11) is 0. The second-order valence-corrected chi connectivity index (χ2v) is 7.41. The molecule has 0 saturated heterocycles. The molecule has 3 nitrogen and oxygen atoms in total. The molecule has 106 valence electrons. The van der Waals surface area contributed by atoms with E-state index in [-0.39, 0.29) is 5.41 Å². The van der Waals surface area contributed by atoms with Gasteiger partial charge in [-0.05, 0) is 46.6 Å². The van der Waals surface area contributed by atoms with Crippen molar-refractivity contribution in [3.8, 4) is 0 Å². The first-order valence-corrected chi connectivity index (χ1v) is 7.92. The Kier molecular flexibility index (Phi) is 4.49. The highest BCUT2D eigenvalue weighted by molar-refractivity contribution is 9.10. The third-order valence-corrected chi connectivity index (χ3v) is 4.09. The van der Waals surface area contributed by atoms with Crippen molar-refractivity contribution >= 4 is 43.4 Å². The molecular weight excluding hydrogens is 382 g/mol. The smallest absolute Gasteiger partial charge is 0.137 e. The number of anilines is 2. The van der Waals surface area contributed by atoms with Crippen LogP contribution in [-0.4, -0.2) is 9.97 Å². The van der Waals surface area contributed by atoms with Crippen molar-refractivity contribution in [2.45, 2.75) is 33.1 Å². The Morgan fingerprint density at radius 1 is 1.05 bits per heavy atom. The van der Waals surface area contributed by atoms with Crippen LogP contribution in [0.3, 0.4) is 0 Å². The number of hydrogen-bond acceptors (Lipinski definition) is 3. The van der Waals surface area contributed by atoms with Gasteiger partial charge in [0.05, 0.1) is 0 Å². The second-order valence-electron chi connectivity index (χ2n) is 5.74. The van der Waals surface area contributed by atoms with Gasteiger partial charge < -0.3 is 5.32 Å². The summed E-state index contributed by atoms with van der Waals surface area (Å²) >= 11 is 6.95. The van der Waals surface area contributed by atoms with Gasteiger partial charge in [0, 0.05) is 21.6 Å². The van der Waals surface area contributed by atoms with E-state index in [9.17, 15) is 0 Å². The molecule has 0 amide bonds. The lowest BCUT2D eigenvalue weighted by Crippen LogP contribution is -2.16. The number of benzene rings is 1. The van der Waals surface area contributed by atoms with Crippen LogP contribution in [-0.2, 0) is 5.41 Å². The molecule has 1 N–H and O–H groups in total. The zero-order chi connectivity index (χ0) is 14.9. The molecule has 0 fully saturated rings. The summed E-state index contributed by atoms with van der Waals surface area (Å²) in [5, 5.41) is 3.32. The molecule has 1 aromatic heterocycles. The first kappa shape index (κ1) is 15.4. The predicted octanol–water partition coefficient (Wildman–Crippen LogP) is 5.35. The van der Waals surface area contributed by atoms with Crippen molar-refractivity contribution in [2.75, 3.05) is 5.32 Å². The number of nitrogens with zero attached hydrogens (tertiary/aromatic N) is 2. The molecule has 20 heavy (non-hydrogen) atoms. The van der Waals surface area contributed by atoms with Crippen LogP contribution < -0.4 is 5.32 Å². The van der Waals surface area contributed by atoms with Crippen LogP contribution >= 0.6 is 31.9 Å². The Labute approximate surface area is 136 Å². The molecular formula is C15H17Br2N3. The minimum absolute atomic E-state index is 0.0875. The Morgan fingerprint density at radius 2 is 1.75 bits per heavy atom. The lowest BCUT2D eigenvalue weighted by molar-refractivity contribution is 0.544. The minimum atomic E-state index is -0.0875. The third kappa shape index (κ3) is 3.79. The van der Waals surface area contributed by atoms with Crippen molar-refractivity contribution in [1.29, 1.82) is 0 Å². The fraction of sp³-hybridized carbons (Fsp3) is 0.333. The van der Waals surface area contributed by atoms with Crippen molar-refractivity contribution < 1.29 is 0 Å². The van der Waals surface area contributed by atoms with E-state index in [4.69, 9.17) is 0 Å². The van der Waals surface area contributed by atoms with Crippen molar-refractivity contribution in [1.82, 2.24) is 9.97 Å². The number of rotatable bonds is 2. The topological polar surface area (TPSA) is 37.8 Å². The zero-order valence-electron chi connectivity index (χ0n) is 12.0. The summed E-state index contributed by atoms with van der Waals surface area (Å²) in [4.78, 5) is 9.02. The summed E-state index contributed by atoms with van der Waals surface area (Å²) in [5.41, 5.74) is 2.10. The van der Waals surface area contributed by atoms with Gasteiger partial charge in [-0.2, -0.15) is 0 Å². The standard InChI is InChI=1S/C15H17Br2N3/c1-9-7-10(5-6-11(9)16)18-13-8-12(17)19-14(20-13)15(2,3)4/h5-8H,1-4H3,(H,18,19,20). The van der Waals surface area contributed by atoms with Gasteiger partial charge in [-0.15, -0.1) is 0 Å². The molecule has 2 rings (SSSR count). The van der Waals surface area contributed by atoms with Crippen molar-refractivity contribution in [3.05, 3.63) is 44.7 Å². The highest BCUT2D eigenvalue weighted by atomic mass is 79.9. The van der Waals surface area contributed by atoms with Gasteiger partial charge in [0.2, 0.25) is 0 Å². The van der Waals surface area contributed by atoms with Crippen LogP contribution in [0.4, 0.5) is 11.5 Å². The van der Waals surface area contributed by atoms with Gasteiger partial charge in [-0.1, -0.05) is 36.7 Å². The molecule has 0 radical (unpaired) electrons. The third-order valence-electron chi connectivity index (χ3n) is 2.80. The van der Waals surface area contributed by atoms with Gasteiger partial charge in [-0.25, -0.2) is 9.97 Å². The minimum Gasteiger partial charge on any atom is -0.340 e. The second kappa shape index (κ2) is 5.82. The number of aryl methyl sites for hydroxylation is 1. The summed E-state index contributed by atoms with van der Waals surface area (Å²) in [6.45, 7) is 8.36. The highest BCUT2D eigenvalue weighted by Gasteiger charge is 2.18. The molecule has 0 spiro atoms. The average molecular weight is 399 g/mol. The Bertz CT molecular complexity index is 634. The highest BCUT2D eigenvalue weighted by Crippen LogP contribution is 2.26. The largest absolute Gasteiger partial charge is 0.340 e. The van der Waals surface area contributed by atoms with Crippen LogP contribution in [0.1, 0.15) is 32.2 Å². The summed E-state index contributed by atoms with van der Waals surface area (Å²) in [5.74, 6) is 1.60. The summed E-state index contributed by atoms with van der Waals surface area (Å²) in [6, 6.07) is 8.01. The first-order valence-electron chi connectivity index (χ1n) is 6.34. The molecule has 0 aliphatic rings. The lowest BCUT2D eigenvalue weighted by Gasteiger charge is -2.18. The number of nitrogens with one attached hydrogen (secondary N) is 1. The predicted molar refractivity (Wildman–Crippen MR) is 90.6 cm³/mol. The molecule has 0 aliphatic heterocycles. The van der Waals surface area contributed by atoms with Gasteiger partial charge in [0.25, 0.3) is 0 Å². The van der Waals surface area contributed by atoms with Crippen LogP contribution in [0.15, 0.2) is 33.3 Å².